The molecule has 0 aromatic heterocycles. The molecule has 0 rings (SSSR count). The van der Waals surface area contributed by atoms with E-state index in [0.717, 1.165) is 0 Å². The second kappa shape index (κ2) is 1.29. The SMILES string of the molecule is F[P-](F)(F)(F)(F)F.[PH4+]. The van der Waals surface area contributed by atoms with Gasteiger partial charge in [0.05, 0.1) is 0 Å². The van der Waals surface area contributed by atoms with Crippen molar-refractivity contribution < 1.29 is 25.2 Å². The van der Waals surface area contributed by atoms with Crippen molar-refractivity contribution in [3.05, 3.63) is 0 Å². The zero-order chi connectivity index (χ0) is 6.41. The van der Waals surface area contributed by atoms with Gasteiger partial charge in [-0.15, -0.1) is 0 Å². The average molecular weight is 180 g/mol. The molecule has 0 saturated heterocycles. The molecular weight excluding hydrogens is 176 g/mol. The molecule has 0 aromatic carbocycles. The third kappa shape index (κ3) is 984. The van der Waals surface area contributed by atoms with E-state index in [1.54, 1.807) is 0 Å². The van der Waals surface area contributed by atoms with E-state index in [2.05, 4.69) is 0 Å². The third-order valence-electron chi connectivity index (χ3n) is 0. The van der Waals surface area contributed by atoms with Crippen molar-refractivity contribution in [2.24, 2.45) is 0 Å². The Kier molecular flexibility index (Phi) is 1.82. The molecule has 0 radical (unpaired) electrons. The summed E-state index contributed by atoms with van der Waals surface area (Å²) in [5.41, 5.74) is 0. The third-order valence-corrected chi connectivity index (χ3v) is 0. The standard InChI is InChI=1S/F6P.H3P/c1-7(2,3,4,5)6;/h;1H3/q-1;/p+1. The van der Waals surface area contributed by atoms with E-state index < -0.39 is 7.81 Å². The van der Waals surface area contributed by atoms with Crippen molar-refractivity contribution >= 4 is 17.7 Å². The summed E-state index contributed by atoms with van der Waals surface area (Å²) in [6, 6.07) is 0. The molecule has 8 heteroatoms. The Morgan fingerprint density at radius 2 is 0.625 bits per heavy atom. The van der Waals surface area contributed by atoms with Gasteiger partial charge in [-0.25, -0.2) is 0 Å². The molecule has 1 atom stereocenters. The minimum Gasteiger partial charge on any atom is -0.0395 e. The maximum absolute atomic E-state index is 10.7. The molecule has 0 fully saturated rings. The molecule has 0 bridgehead atoms. The van der Waals surface area contributed by atoms with Crippen molar-refractivity contribution in [3.63, 3.8) is 0 Å². The molecule has 0 aromatic rings. The first-order chi connectivity index (χ1) is 2.45. The molecule has 0 spiro atoms. The van der Waals surface area contributed by atoms with E-state index in [9.17, 15) is 25.2 Å². The molecule has 0 aliphatic carbocycles. The van der Waals surface area contributed by atoms with Crippen molar-refractivity contribution in [1.29, 1.82) is 0 Å². The molecule has 0 N–H and O–H groups in total. The molecule has 56 valence electrons. The minimum absolute atomic E-state index is 0. The molecule has 1 unspecified atom stereocenters. The predicted octanol–water partition coefficient (Wildman–Crippen LogP) is 3.17. The molecule has 0 aliphatic heterocycles. The summed E-state index contributed by atoms with van der Waals surface area (Å²) < 4.78 is 59.2. The Labute approximate surface area is 44.1 Å². The molecule has 0 nitrogen and oxygen atoms in total. The maximum Gasteiger partial charge on any atom is -0.0395 e. The van der Waals surface area contributed by atoms with Gasteiger partial charge in [0, 0.05) is 0 Å². The molecular formula is H4F6P2. The second-order valence-corrected chi connectivity index (χ2v) is 2.87. The monoisotopic (exact) mass is 180 g/mol. The van der Waals surface area contributed by atoms with Crippen LogP contribution in [0.5, 0.6) is 0 Å². The van der Waals surface area contributed by atoms with Gasteiger partial charge in [-0.2, -0.15) is 0 Å². The van der Waals surface area contributed by atoms with Gasteiger partial charge in [-0.1, -0.05) is 0 Å². The predicted molar refractivity (Wildman–Crippen MR) is 26.1 cm³/mol. The number of hydrogen-bond acceptors (Lipinski definition) is 0. The van der Waals surface area contributed by atoms with Crippen LogP contribution in [0.1, 0.15) is 0 Å². The van der Waals surface area contributed by atoms with Gasteiger partial charge in [0.2, 0.25) is 0 Å². The van der Waals surface area contributed by atoms with Crippen LogP contribution in [-0.4, -0.2) is 0 Å². The van der Waals surface area contributed by atoms with E-state index >= 15 is 0 Å². The Morgan fingerprint density at radius 1 is 0.625 bits per heavy atom. The Balaban J connectivity index is 0. The van der Waals surface area contributed by atoms with Crippen molar-refractivity contribution in [2.45, 2.75) is 0 Å². The fraction of sp³-hybridized carbons (Fsp3) is 0. The normalized spacial score (nSPS) is 20.2. The van der Waals surface area contributed by atoms with E-state index in [1.165, 1.54) is 0 Å². The van der Waals surface area contributed by atoms with Crippen molar-refractivity contribution in [1.82, 2.24) is 0 Å². The van der Waals surface area contributed by atoms with Crippen molar-refractivity contribution in [2.75, 3.05) is 0 Å². The van der Waals surface area contributed by atoms with Gasteiger partial charge < -0.3 is 0 Å². The summed E-state index contributed by atoms with van der Waals surface area (Å²) in [6.07, 6.45) is 0. The van der Waals surface area contributed by atoms with Gasteiger partial charge in [-0.3, -0.25) is 0 Å². The number of halogens is 6. The van der Waals surface area contributed by atoms with Gasteiger partial charge >= 0.3 is 33.0 Å². The number of hydrogen-bond donors (Lipinski definition) is 0. The van der Waals surface area contributed by atoms with Gasteiger partial charge in [0.15, 0.2) is 0 Å². The molecule has 8 heavy (non-hydrogen) atoms. The summed E-state index contributed by atoms with van der Waals surface area (Å²) >= 11 is 0. The van der Waals surface area contributed by atoms with Crippen LogP contribution in [-0.2, 0) is 0 Å². The summed E-state index contributed by atoms with van der Waals surface area (Å²) in [5.74, 6) is 0. The second-order valence-electron chi connectivity index (χ2n) is 0.958. The molecule has 0 amide bonds. The zero-order valence-electron chi connectivity index (χ0n) is 3.72. The van der Waals surface area contributed by atoms with Gasteiger partial charge in [0.1, 0.15) is 0 Å². The topological polar surface area (TPSA) is 0 Å². The first kappa shape index (κ1) is 11.3. The Morgan fingerprint density at radius 3 is 0.625 bits per heavy atom. The van der Waals surface area contributed by atoms with Crippen molar-refractivity contribution in [3.8, 4) is 0 Å². The smallest absolute Gasteiger partial charge is 0.0395 e. The summed E-state index contributed by atoms with van der Waals surface area (Å²) in [5, 5.41) is 0. The van der Waals surface area contributed by atoms with Crippen LogP contribution in [0, 0.1) is 0 Å². The minimum atomic E-state index is -10.7. The molecule has 0 aliphatic rings. The van der Waals surface area contributed by atoms with Gasteiger partial charge in [-0.05, 0) is 9.90 Å². The van der Waals surface area contributed by atoms with E-state index in [0.29, 0.717) is 0 Å². The quantitative estimate of drug-likeness (QED) is 0.396. The zero-order valence-corrected chi connectivity index (χ0v) is 6.61. The first-order valence-electron chi connectivity index (χ1n) is 1.01. The number of rotatable bonds is 0. The van der Waals surface area contributed by atoms with Crippen LogP contribution in [0.4, 0.5) is 25.2 Å². The van der Waals surface area contributed by atoms with Crippen LogP contribution >= 0.6 is 17.7 Å². The molecule has 0 heterocycles. The fourth-order valence-corrected chi connectivity index (χ4v) is 0. The Hall–Kier alpha value is 0.440. The van der Waals surface area contributed by atoms with E-state index in [-0.39, 0.29) is 9.90 Å². The van der Waals surface area contributed by atoms with Gasteiger partial charge in [0.25, 0.3) is 0 Å². The maximum atomic E-state index is 9.87. The van der Waals surface area contributed by atoms with E-state index in [4.69, 9.17) is 0 Å². The fourth-order valence-electron chi connectivity index (χ4n) is 0. The van der Waals surface area contributed by atoms with Crippen LogP contribution < -0.4 is 0 Å². The van der Waals surface area contributed by atoms with Crippen LogP contribution in [0.3, 0.4) is 0 Å². The Bertz CT molecular complexity index is 65.1. The first-order valence-corrected chi connectivity index (χ1v) is 3.04. The summed E-state index contributed by atoms with van der Waals surface area (Å²) in [4.78, 5) is 0. The average Bonchev–Trinajstić information content (AvgIpc) is 0.592. The van der Waals surface area contributed by atoms with E-state index in [1.807, 2.05) is 0 Å². The summed E-state index contributed by atoms with van der Waals surface area (Å²) in [7, 11) is -10.7. The molecule has 0 saturated carbocycles. The van der Waals surface area contributed by atoms with Crippen LogP contribution in [0.25, 0.3) is 0 Å². The van der Waals surface area contributed by atoms with Crippen LogP contribution in [0.2, 0.25) is 0 Å². The largest absolute Gasteiger partial charge is 0.0395 e. The van der Waals surface area contributed by atoms with Crippen LogP contribution in [0.15, 0.2) is 0 Å². The summed E-state index contributed by atoms with van der Waals surface area (Å²) in [6.45, 7) is 0.